The number of Topliss-reactive ketones (excluding diaryl/α,β-unsaturated/α-hetero) is 1. The van der Waals surface area contributed by atoms with Gasteiger partial charge in [0.2, 0.25) is 5.78 Å². The van der Waals surface area contributed by atoms with E-state index in [4.69, 9.17) is 19.9 Å². The number of nitrogens with two attached hydrogens (primary N) is 1. The zero-order chi connectivity index (χ0) is 30.1. The van der Waals surface area contributed by atoms with Crippen LogP contribution in [-0.2, 0) is 28.6 Å². The topological polar surface area (TPSA) is 174 Å². The number of nitrogens with one attached hydrogen (secondary N) is 1. The molecular formula is C29H40N2O9. The van der Waals surface area contributed by atoms with Gasteiger partial charge in [-0.05, 0) is 38.2 Å². The first-order valence-electron chi connectivity index (χ1n) is 13.0. The Labute approximate surface area is 234 Å². The molecule has 0 unspecified atom stereocenters. The van der Waals surface area contributed by atoms with E-state index in [1.165, 1.54) is 33.3 Å². The Balaban J connectivity index is 2.60. The molecule has 11 nitrogen and oxygen atoms in total. The summed E-state index contributed by atoms with van der Waals surface area (Å²) in [6.07, 6.45) is 3.40. The van der Waals surface area contributed by atoms with Crippen molar-refractivity contribution < 1.29 is 43.6 Å². The maximum Gasteiger partial charge on any atom is 0.405 e. The molecule has 0 aromatic heterocycles. The van der Waals surface area contributed by atoms with Gasteiger partial charge in [-0.25, -0.2) is 4.79 Å². The van der Waals surface area contributed by atoms with Crippen molar-refractivity contribution in [1.29, 1.82) is 0 Å². The number of aliphatic hydroxyl groups excluding tert-OH is 2. The number of allylic oxidation sites excluding steroid dienone is 4. The number of amides is 2. The van der Waals surface area contributed by atoms with Crippen molar-refractivity contribution in [2.75, 3.05) is 20.8 Å². The third kappa shape index (κ3) is 8.31. The standard InChI is InChI=1S/C29H40N2O9/c1-15-10-19-20(14-32)22(33)13-21(26(19)35)31-28(36)16(2)8-7-9-23(38-5)27(40-29(30)37)18(4)12-17(3)25(34)24(11-15)39-6/h7-9,12-13,15,17,23-25,27,32,34H,10-11,14H2,1-6H3,(H2,30,37)(H,31,36)/b9-7-,16-8-,18-12-/t15-,17+,23+,24+,25-,27+/m1/s1. The molecule has 5 N–H and O–H groups in total. The van der Waals surface area contributed by atoms with E-state index in [0.29, 0.717) is 12.0 Å². The lowest BCUT2D eigenvalue weighted by atomic mass is 9.83. The number of ether oxygens (including phenoxy) is 3. The molecule has 2 rings (SSSR count). The normalized spacial score (nSPS) is 32.8. The van der Waals surface area contributed by atoms with Crippen molar-refractivity contribution >= 4 is 23.6 Å². The molecule has 0 aromatic carbocycles. The minimum absolute atomic E-state index is 0.0246. The predicted octanol–water partition coefficient (Wildman–Crippen LogP) is 1.80. The van der Waals surface area contributed by atoms with Gasteiger partial charge in [0.25, 0.3) is 5.91 Å². The summed E-state index contributed by atoms with van der Waals surface area (Å²) in [7, 11) is 2.88. The zero-order valence-corrected chi connectivity index (χ0v) is 23.8. The smallest absolute Gasteiger partial charge is 0.405 e. The highest BCUT2D eigenvalue weighted by Crippen LogP contribution is 2.29. The molecule has 0 aromatic rings. The Morgan fingerprint density at radius 3 is 2.40 bits per heavy atom. The van der Waals surface area contributed by atoms with E-state index in [0.717, 1.165) is 6.08 Å². The van der Waals surface area contributed by atoms with Crippen molar-refractivity contribution in [2.45, 2.75) is 65.0 Å². The molecular weight excluding hydrogens is 520 g/mol. The molecule has 0 fully saturated rings. The largest absolute Gasteiger partial charge is 0.439 e. The second kappa shape index (κ2) is 14.8. The number of carbonyl (C=O) groups excluding carboxylic acids is 4. The van der Waals surface area contributed by atoms with Crippen LogP contribution in [0, 0.1) is 11.8 Å². The molecule has 0 saturated carbocycles. The lowest BCUT2D eigenvalue weighted by molar-refractivity contribution is -0.120. The highest BCUT2D eigenvalue weighted by Gasteiger charge is 2.33. The van der Waals surface area contributed by atoms with Gasteiger partial charge in [0.1, 0.15) is 6.10 Å². The number of aliphatic hydroxyl groups is 2. The van der Waals surface area contributed by atoms with Gasteiger partial charge in [-0.3, -0.25) is 14.4 Å². The SMILES string of the molecule is CO[C@H]1/C=C\C=C(\C)C(=O)NC2=CC(=O)C(CO)=C(C[C@@H](C)C[C@H](OC)[C@H](O)[C@@H](C)/C=C(/C)[C@@H]1OC(N)=O)C2=O. The van der Waals surface area contributed by atoms with Gasteiger partial charge < -0.3 is 35.5 Å². The second-order valence-corrected chi connectivity index (χ2v) is 10.2. The molecule has 220 valence electrons. The van der Waals surface area contributed by atoms with Gasteiger partial charge in [-0.2, -0.15) is 0 Å². The summed E-state index contributed by atoms with van der Waals surface area (Å²) < 4.78 is 16.4. The van der Waals surface area contributed by atoms with E-state index in [2.05, 4.69) is 5.32 Å². The van der Waals surface area contributed by atoms with Gasteiger partial charge >= 0.3 is 6.09 Å². The predicted molar refractivity (Wildman–Crippen MR) is 147 cm³/mol. The minimum atomic E-state index is -1.01. The molecule has 1 aliphatic heterocycles. The highest BCUT2D eigenvalue weighted by atomic mass is 16.6. The maximum absolute atomic E-state index is 13.3. The summed E-state index contributed by atoms with van der Waals surface area (Å²) >= 11 is 0. The Morgan fingerprint density at radius 1 is 1.15 bits per heavy atom. The van der Waals surface area contributed by atoms with Gasteiger partial charge in [0, 0.05) is 42.9 Å². The van der Waals surface area contributed by atoms with Crippen molar-refractivity contribution in [3.05, 3.63) is 58.4 Å². The number of carbonyl (C=O) groups is 4. The summed E-state index contributed by atoms with van der Waals surface area (Å²) in [6.45, 7) is 6.23. The Morgan fingerprint density at radius 2 is 1.82 bits per heavy atom. The summed E-state index contributed by atoms with van der Waals surface area (Å²) in [5, 5.41) is 23.5. The van der Waals surface area contributed by atoms with Crippen LogP contribution in [0.5, 0.6) is 0 Å². The fourth-order valence-electron chi connectivity index (χ4n) is 4.82. The van der Waals surface area contributed by atoms with Gasteiger partial charge in [-0.15, -0.1) is 0 Å². The van der Waals surface area contributed by atoms with Crippen molar-refractivity contribution in [1.82, 2.24) is 5.32 Å². The van der Waals surface area contributed by atoms with E-state index in [1.807, 2.05) is 6.92 Å². The van der Waals surface area contributed by atoms with Crippen molar-refractivity contribution in [2.24, 2.45) is 17.6 Å². The van der Waals surface area contributed by atoms with E-state index < -0.39 is 60.5 Å². The van der Waals surface area contributed by atoms with Crippen LogP contribution in [0.25, 0.3) is 0 Å². The van der Waals surface area contributed by atoms with Gasteiger partial charge in [0.05, 0.1) is 24.5 Å². The first kappa shape index (κ1) is 32.8. The first-order valence-corrected chi connectivity index (χ1v) is 13.0. The number of fused-ring (bicyclic) bond motifs is 2. The number of hydrogen-bond donors (Lipinski definition) is 4. The Bertz CT molecular complexity index is 1150. The van der Waals surface area contributed by atoms with Gasteiger partial charge in [0.15, 0.2) is 11.9 Å². The lowest BCUT2D eigenvalue weighted by Gasteiger charge is -2.30. The monoisotopic (exact) mass is 560 g/mol. The average Bonchev–Trinajstić information content (AvgIpc) is 2.90. The number of ketones is 2. The molecule has 0 saturated heterocycles. The summed E-state index contributed by atoms with van der Waals surface area (Å²) in [5.74, 6) is -2.44. The number of methoxy groups -OCH3 is 2. The summed E-state index contributed by atoms with van der Waals surface area (Å²) in [4.78, 5) is 50.5. The van der Waals surface area contributed by atoms with Gasteiger partial charge in [-0.1, -0.05) is 38.2 Å². The highest BCUT2D eigenvalue weighted by molar-refractivity contribution is 6.23. The third-order valence-corrected chi connectivity index (χ3v) is 7.07. The van der Waals surface area contributed by atoms with E-state index in [-0.39, 0.29) is 34.8 Å². The lowest BCUT2D eigenvalue weighted by Crippen LogP contribution is -2.37. The summed E-state index contributed by atoms with van der Waals surface area (Å²) in [6, 6.07) is 0. The second-order valence-electron chi connectivity index (χ2n) is 10.2. The molecule has 40 heavy (non-hydrogen) atoms. The quantitative estimate of drug-likeness (QED) is 0.295. The van der Waals surface area contributed by atoms with Crippen molar-refractivity contribution in [3.8, 4) is 0 Å². The molecule has 11 heteroatoms. The van der Waals surface area contributed by atoms with Crippen LogP contribution in [0.15, 0.2) is 58.4 Å². The minimum Gasteiger partial charge on any atom is -0.439 e. The number of rotatable bonds is 4. The van der Waals surface area contributed by atoms with E-state index in [1.54, 1.807) is 26.0 Å². The maximum atomic E-state index is 13.3. The molecule has 2 aliphatic rings. The van der Waals surface area contributed by atoms with Crippen LogP contribution in [0.2, 0.25) is 0 Å². The molecule has 6 atom stereocenters. The Hall–Kier alpha value is -3.38. The van der Waals surface area contributed by atoms with Crippen LogP contribution in [-0.4, -0.2) is 79.0 Å². The zero-order valence-electron chi connectivity index (χ0n) is 23.8. The van der Waals surface area contributed by atoms with E-state index in [9.17, 15) is 29.4 Å². The van der Waals surface area contributed by atoms with Crippen LogP contribution in [0.3, 0.4) is 0 Å². The molecule has 1 aliphatic carbocycles. The summed E-state index contributed by atoms with van der Waals surface area (Å²) in [5.41, 5.74) is 6.00. The van der Waals surface area contributed by atoms with Crippen LogP contribution < -0.4 is 11.1 Å². The first-order chi connectivity index (χ1) is 18.8. The fourth-order valence-corrected chi connectivity index (χ4v) is 4.82. The Kier molecular flexibility index (Phi) is 12.2. The number of primary amides is 1. The number of hydrogen-bond acceptors (Lipinski definition) is 9. The molecule has 2 bridgehead atoms. The van der Waals surface area contributed by atoms with Crippen LogP contribution in [0.4, 0.5) is 4.79 Å². The van der Waals surface area contributed by atoms with E-state index >= 15 is 0 Å². The van der Waals surface area contributed by atoms with Crippen LogP contribution >= 0.6 is 0 Å². The average molecular weight is 561 g/mol. The fraction of sp³-hybridized carbons (Fsp3) is 0.517. The van der Waals surface area contributed by atoms with Crippen molar-refractivity contribution in [3.63, 3.8) is 0 Å². The third-order valence-electron chi connectivity index (χ3n) is 7.07. The molecule has 0 radical (unpaired) electrons. The van der Waals surface area contributed by atoms with Crippen LogP contribution in [0.1, 0.15) is 40.5 Å². The molecule has 1 heterocycles. The molecule has 0 spiro atoms. The molecule has 2 amide bonds.